The fraction of sp³-hybridized carbons (Fsp3) is 0.0400. The summed E-state index contributed by atoms with van der Waals surface area (Å²) in [5, 5.41) is 8.19. The SMILES string of the molecule is Cc1nc2c(cnn2-c2ccccc2)c(=O)n1-c1ccc(NC(=O)c2ccc(Cl)cc2)cc1. The minimum Gasteiger partial charge on any atom is -0.322 e. The number of rotatable bonds is 4. The number of fused-ring (bicyclic) bond motifs is 1. The van der Waals surface area contributed by atoms with Gasteiger partial charge in [-0.25, -0.2) is 9.67 Å². The molecule has 0 spiro atoms. The maximum absolute atomic E-state index is 13.3. The second-order valence-electron chi connectivity index (χ2n) is 7.44. The first-order valence-electron chi connectivity index (χ1n) is 10.2. The minimum atomic E-state index is -0.246. The average molecular weight is 456 g/mol. The van der Waals surface area contributed by atoms with Crippen molar-refractivity contribution in [1.29, 1.82) is 0 Å². The molecule has 7 nitrogen and oxygen atoms in total. The molecule has 0 fully saturated rings. The van der Waals surface area contributed by atoms with Crippen LogP contribution in [0.15, 0.2) is 89.9 Å². The largest absolute Gasteiger partial charge is 0.322 e. The number of carbonyl (C=O) groups excluding carboxylic acids is 1. The van der Waals surface area contributed by atoms with Gasteiger partial charge in [0.15, 0.2) is 5.65 Å². The summed E-state index contributed by atoms with van der Waals surface area (Å²) in [5.41, 5.74) is 2.88. The molecular formula is C25H18ClN5O2. The van der Waals surface area contributed by atoms with Gasteiger partial charge in [0, 0.05) is 16.3 Å². The van der Waals surface area contributed by atoms with Gasteiger partial charge in [-0.2, -0.15) is 5.10 Å². The fourth-order valence-corrected chi connectivity index (χ4v) is 3.76. The predicted octanol–water partition coefficient (Wildman–Crippen LogP) is 4.79. The van der Waals surface area contributed by atoms with Gasteiger partial charge in [-0.05, 0) is 67.6 Å². The molecule has 5 rings (SSSR count). The van der Waals surface area contributed by atoms with Crippen molar-refractivity contribution in [2.75, 3.05) is 5.32 Å². The number of hydrogen-bond donors (Lipinski definition) is 1. The van der Waals surface area contributed by atoms with Crippen molar-refractivity contribution < 1.29 is 4.79 Å². The molecule has 2 aromatic heterocycles. The number of halogens is 1. The molecule has 162 valence electrons. The molecule has 1 amide bonds. The first kappa shape index (κ1) is 20.7. The van der Waals surface area contributed by atoms with Crippen LogP contribution in [-0.4, -0.2) is 25.2 Å². The third-order valence-electron chi connectivity index (χ3n) is 5.26. The molecule has 0 atom stereocenters. The molecule has 0 unspecified atom stereocenters. The summed E-state index contributed by atoms with van der Waals surface area (Å²) in [6.07, 6.45) is 1.54. The zero-order valence-electron chi connectivity index (χ0n) is 17.6. The van der Waals surface area contributed by atoms with Crippen LogP contribution in [0.2, 0.25) is 5.02 Å². The van der Waals surface area contributed by atoms with E-state index >= 15 is 0 Å². The Morgan fingerprint density at radius 2 is 1.61 bits per heavy atom. The Bertz CT molecular complexity index is 1520. The van der Waals surface area contributed by atoms with Crippen molar-refractivity contribution in [3.8, 4) is 11.4 Å². The molecule has 5 aromatic rings. The molecular weight excluding hydrogens is 438 g/mol. The highest BCUT2D eigenvalue weighted by molar-refractivity contribution is 6.30. The van der Waals surface area contributed by atoms with Crippen LogP contribution in [-0.2, 0) is 0 Å². The molecule has 0 saturated heterocycles. The molecule has 33 heavy (non-hydrogen) atoms. The molecule has 0 aliphatic rings. The van der Waals surface area contributed by atoms with Crippen LogP contribution < -0.4 is 10.9 Å². The molecule has 1 N–H and O–H groups in total. The van der Waals surface area contributed by atoms with E-state index in [1.165, 1.54) is 10.8 Å². The van der Waals surface area contributed by atoms with Crippen LogP contribution in [0.25, 0.3) is 22.4 Å². The Balaban J connectivity index is 1.46. The van der Waals surface area contributed by atoms with Gasteiger partial charge in [-0.3, -0.25) is 14.2 Å². The normalized spacial score (nSPS) is 11.0. The topological polar surface area (TPSA) is 81.8 Å². The number of aromatic nitrogens is 4. The number of amides is 1. The van der Waals surface area contributed by atoms with Crippen molar-refractivity contribution in [3.05, 3.63) is 112 Å². The van der Waals surface area contributed by atoms with Crippen LogP contribution in [0.5, 0.6) is 0 Å². The molecule has 0 bridgehead atoms. The van der Waals surface area contributed by atoms with Crippen LogP contribution in [0, 0.1) is 6.92 Å². The molecule has 0 aliphatic carbocycles. The Hall–Kier alpha value is -4.23. The summed E-state index contributed by atoms with van der Waals surface area (Å²) >= 11 is 5.88. The maximum atomic E-state index is 13.3. The highest BCUT2D eigenvalue weighted by atomic mass is 35.5. The number of nitrogens with zero attached hydrogens (tertiary/aromatic N) is 4. The van der Waals surface area contributed by atoms with E-state index in [-0.39, 0.29) is 11.5 Å². The zero-order chi connectivity index (χ0) is 22.9. The Morgan fingerprint density at radius 3 is 2.30 bits per heavy atom. The standard InChI is InChI=1S/C25H18ClN5O2/c1-16-28-23-22(15-27-31(23)21-5-3-2-4-6-21)25(33)30(16)20-13-11-19(12-14-20)29-24(32)17-7-9-18(26)10-8-17/h2-15H,1H3,(H,29,32). The highest BCUT2D eigenvalue weighted by Gasteiger charge is 2.15. The fourth-order valence-electron chi connectivity index (χ4n) is 3.63. The third-order valence-corrected chi connectivity index (χ3v) is 5.51. The number of carbonyl (C=O) groups is 1. The van der Waals surface area contributed by atoms with E-state index in [0.717, 1.165) is 5.69 Å². The first-order valence-corrected chi connectivity index (χ1v) is 10.6. The van der Waals surface area contributed by atoms with Gasteiger partial charge >= 0.3 is 0 Å². The summed E-state index contributed by atoms with van der Waals surface area (Å²) in [7, 11) is 0. The smallest absolute Gasteiger partial charge is 0.269 e. The van der Waals surface area contributed by atoms with E-state index < -0.39 is 0 Å². The van der Waals surface area contributed by atoms with E-state index in [4.69, 9.17) is 11.6 Å². The lowest BCUT2D eigenvalue weighted by Gasteiger charge is -2.11. The molecule has 2 heterocycles. The van der Waals surface area contributed by atoms with Crippen molar-refractivity contribution in [2.24, 2.45) is 0 Å². The van der Waals surface area contributed by atoms with Crippen LogP contribution in [0.4, 0.5) is 5.69 Å². The second-order valence-corrected chi connectivity index (χ2v) is 7.87. The first-order chi connectivity index (χ1) is 16.0. The van der Waals surface area contributed by atoms with E-state index in [0.29, 0.717) is 38.8 Å². The van der Waals surface area contributed by atoms with Crippen LogP contribution >= 0.6 is 11.6 Å². The summed E-state index contributed by atoms with van der Waals surface area (Å²) in [5.74, 6) is 0.285. The van der Waals surface area contributed by atoms with E-state index in [1.807, 2.05) is 30.3 Å². The number of aryl methyl sites for hydroxylation is 1. The molecule has 0 aliphatic heterocycles. The average Bonchev–Trinajstić information content (AvgIpc) is 3.25. The second kappa shape index (κ2) is 8.37. The summed E-state index contributed by atoms with van der Waals surface area (Å²) in [6.45, 7) is 1.78. The van der Waals surface area contributed by atoms with E-state index in [1.54, 1.807) is 60.1 Å². The Labute approximate surface area is 193 Å². The highest BCUT2D eigenvalue weighted by Crippen LogP contribution is 2.18. The number of hydrogen-bond acceptors (Lipinski definition) is 4. The zero-order valence-corrected chi connectivity index (χ0v) is 18.3. The predicted molar refractivity (Wildman–Crippen MR) is 129 cm³/mol. The Morgan fingerprint density at radius 1 is 0.909 bits per heavy atom. The van der Waals surface area contributed by atoms with Crippen molar-refractivity contribution >= 4 is 34.2 Å². The van der Waals surface area contributed by atoms with Crippen molar-refractivity contribution in [2.45, 2.75) is 6.92 Å². The van der Waals surface area contributed by atoms with Crippen molar-refractivity contribution in [3.63, 3.8) is 0 Å². The third kappa shape index (κ3) is 3.90. The molecule has 0 radical (unpaired) electrons. The van der Waals surface area contributed by atoms with Gasteiger partial charge in [0.2, 0.25) is 0 Å². The summed E-state index contributed by atoms with van der Waals surface area (Å²) < 4.78 is 3.19. The Kier molecular flexibility index (Phi) is 5.24. The number of para-hydroxylation sites is 1. The number of nitrogens with one attached hydrogen (secondary N) is 1. The van der Waals surface area contributed by atoms with E-state index in [2.05, 4.69) is 15.4 Å². The lowest BCUT2D eigenvalue weighted by molar-refractivity contribution is 0.102. The van der Waals surface area contributed by atoms with Crippen LogP contribution in [0.3, 0.4) is 0 Å². The van der Waals surface area contributed by atoms with Gasteiger partial charge < -0.3 is 5.32 Å². The summed E-state index contributed by atoms with van der Waals surface area (Å²) in [6, 6.07) is 23.2. The summed E-state index contributed by atoms with van der Waals surface area (Å²) in [4.78, 5) is 30.3. The lowest BCUT2D eigenvalue weighted by Crippen LogP contribution is -2.22. The van der Waals surface area contributed by atoms with Gasteiger partial charge in [0.05, 0.1) is 17.6 Å². The van der Waals surface area contributed by atoms with Gasteiger partial charge in [0.1, 0.15) is 11.2 Å². The number of benzene rings is 3. The minimum absolute atomic E-state index is 0.211. The number of anilines is 1. The monoisotopic (exact) mass is 455 g/mol. The van der Waals surface area contributed by atoms with E-state index in [9.17, 15) is 9.59 Å². The maximum Gasteiger partial charge on any atom is 0.269 e. The molecule has 0 saturated carbocycles. The van der Waals surface area contributed by atoms with Gasteiger partial charge in [-0.1, -0.05) is 29.8 Å². The van der Waals surface area contributed by atoms with Gasteiger partial charge in [-0.15, -0.1) is 0 Å². The lowest BCUT2D eigenvalue weighted by atomic mass is 10.2. The molecule has 3 aromatic carbocycles. The molecule has 8 heteroatoms. The van der Waals surface area contributed by atoms with Crippen LogP contribution in [0.1, 0.15) is 16.2 Å². The van der Waals surface area contributed by atoms with Gasteiger partial charge in [0.25, 0.3) is 11.5 Å². The van der Waals surface area contributed by atoms with Crippen molar-refractivity contribution in [1.82, 2.24) is 19.3 Å². The quantitative estimate of drug-likeness (QED) is 0.422.